The van der Waals surface area contributed by atoms with E-state index < -0.39 is 11.7 Å². The summed E-state index contributed by atoms with van der Waals surface area (Å²) >= 11 is 0. The van der Waals surface area contributed by atoms with Crippen LogP contribution >= 0.6 is 0 Å². The Kier molecular flexibility index (Phi) is 4.06. The second kappa shape index (κ2) is 5.12. The van der Waals surface area contributed by atoms with Gasteiger partial charge in [0.15, 0.2) is 0 Å². The van der Waals surface area contributed by atoms with Crippen LogP contribution in [0, 0.1) is 0 Å². The smallest absolute Gasteiger partial charge is 0.330 e. The topological polar surface area (TPSA) is 43.1 Å². The van der Waals surface area contributed by atoms with E-state index in [9.17, 15) is 18.0 Å². The number of halogens is 3. The lowest BCUT2D eigenvalue weighted by Gasteiger charge is -2.08. The van der Waals surface area contributed by atoms with Crippen LogP contribution < -0.4 is 5.73 Å². The molecule has 0 bridgehead atoms. The number of nitrogens with two attached hydrogens (primary N) is 1. The SMILES string of the molecule is NCCC(=O)Cc1cccc(C(F)(F)F)c1. The number of rotatable bonds is 4. The van der Waals surface area contributed by atoms with Crippen LogP contribution in [-0.2, 0) is 17.4 Å². The molecule has 0 saturated carbocycles. The highest BCUT2D eigenvalue weighted by molar-refractivity contribution is 5.81. The van der Waals surface area contributed by atoms with E-state index in [1.807, 2.05) is 0 Å². The minimum Gasteiger partial charge on any atom is -0.330 e. The predicted molar refractivity (Wildman–Crippen MR) is 53.8 cm³/mol. The molecule has 0 fully saturated rings. The molecule has 0 heterocycles. The number of ketones is 1. The summed E-state index contributed by atoms with van der Waals surface area (Å²) < 4.78 is 37.0. The van der Waals surface area contributed by atoms with Crippen molar-refractivity contribution < 1.29 is 18.0 Å². The monoisotopic (exact) mass is 231 g/mol. The molecule has 2 N–H and O–H groups in total. The summed E-state index contributed by atoms with van der Waals surface area (Å²) in [5.74, 6) is -0.151. The first-order valence-electron chi connectivity index (χ1n) is 4.81. The van der Waals surface area contributed by atoms with Gasteiger partial charge in [-0.25, -0.2) is 0 Å². The minimum atomic E-state index is -4.37. The number of carbonyl (C=O) groups excluding carboxylic acids is 1. The Labute approximate surface area is 91.3 Å². The first-order chi connectivity index (χ1) is 7.43. The van der Waals surface area contributed by atoms with Crippen LogP contribution in [0.25, 0.3) is 0 Å². The first kappa shape index (κ1) is 12.7. The Hall–Kier alpha value is -1.36. The maximum atomic E-state index is 12.3. The summed E-state index contributed by atoms with van der Waals surface area (Å²) in [6, 6.07) is 4.78. The molecule has 0 amide bonds. The van der Waals surface area contributed by atoms with Crippen molar-refractivity contribution in [3.8, 4) is 0 Å². The molecule has 88 valence electrons. The van der Waals surface area contributed by atoms with Crippen LogP contribution in [0.15, 0.2) is 24.3 Å². The highest BCUT2D eigenvalue weighted by Gasteiger charge is 2.30. The van der Waals surface area contributed by atoms with E-state index in [4.69, 9.17) is 5.73 Å². The Balaban J connectivity index is 2.79. The Morgan fingerprint density at radius 3 is 2.56 bits per heavy atom. The van der Waals surface area contributed by atoms with E-state index in [2.05, 4.69) is 0 Å². The van der Waals surface area contributed by atoms with Crippen molar-refractivity contribution in [2.75, 3.05) is 6.54 Å². The molecule has 16 heavy (non-hydrogen) atoms. The van der Waals surface area contributed by atoms with E-state index in [1.165, 1.54) is 12.1 Å². The van der Waals surface area contributed by atoms with Crippen LogP contribution in [0.5, 0.6) is 0 Å². The number of alkyl halides is 3. The summed E-state index contributed by atoms with van der Waals surface area (Å²) in [4.78, 5) is 11.2. The van der Waals surface area contributed by atoms with E-state index in [0.29, 0.717) is 5.56 Å². The lowest BCUT2D eigenvalue weighted by Crippen LogP contribution is -2.11. The largest absolute Gasteiger partial charge is 0.416 e. The number of benzene rings is 1. The van der Waals surface area contributed by atoms with Crippen molar-refractivity contribution in [3.63, 3.8) is 0 Å². The Morgan fingerprint density at radius 1 is 1.31 bits per heavy atom. The van der Waals surface area contributed by atoms with Gasteiger partial charge in [0, 0.05) is 12.8 Å². The van der Waals surface area contributed by atoms with Crippen molar-refractivity contribution in [3.05, 3.63) is 35.4 Å². The molecular weight excluding hydrogens is 219 g/mol. The third-order valence-electron chi connectivity index (χ3n) is 2.08. The van der Waals surface area contributed by atoms with Gasteiger partial charge in [-0.15, -0.1) is 0 Å². The molecular formula is C11H12F3NO. The maximum absolute atomic E-state index is 12.3. The van der Waals surface area contributed by atoms with Crippen molar-refractivity contribution in [2.24, 2.45) is 5.73 Å². The fourth-order valence-corrected chi connectivity index (χ4v) is 1.33. The van der Waals surface area contributed by atoms with E-state index >= 15 is 0 Å². The molecule has 0 spiro atoms. The zero-order chi connectivity index (χ0) is 12.2. The van der Waals surface area contributed by atoms with Crippen LogP contribution in [0.1, 0.15) is 17.5 Å². The molecule has 1 aromatic carbocycles. The molecule has 0 radical (unpaired) electrons. The molecule has 5 heteroatoms. The summed E-state index contributed by atoms with van der Waals surface area (Å²) in [5.41, 5.74) is 4.82. The van der Waals surface area contributed by atoms with Crippen LogP contribution in [0.2, 0.25) is 0 Å². The van der Waals surface area contributed by atoms with Crippen LogP contribution in [0.3, 0.4) is 0 Å². The Morgan fingerprint density at radius 2 is 2.00 bits per heavy atom. The minimum absolute atomic E-state index is 0.00111. The summed E-state index contributed by atoms with van der Waals surface area (Å²) in [6.45, 7) is 0.220. The second-order valence-electron chi connectivity index (χ2n) is 3.45. The van der Waals surface area contributed by atoms with Gasteiger partial charge >= 0.3 is 6.18 Å². The average molecular weight is 231 g/mol. The molecule has 0 aromatic heterocycles. The van der Waals surface area contributed by atoms with Crippen LogP contribution in [-0.4, -0.2) is 12.3 Å². The van der Waals surface area contributed by atoms with E-state index in [1.54, 1.807) is 0 Å². The predicted octanol–water partition coefficient (Wildman–Crippen LogP) is 2.17. The molecule has 0 aliphatic carbocycles. The zero-order valence-corrected chi connectivity index (χ0v) is 8.55. The van der Waals surface area contributed by atoms with Gasteiger partial charge in [0.1, 0.15) is 5.78 Å². The van der Waals surface area contributed by atoms with Gasteiger partial charge in [0.25, 0.3) is 0 Å². The van der Waals surface area contributed by atoms with Crippen molar-refractivity contribution in [1.82, 2.24) is 0 Å². The number of hydrogen-bond donors (Lipinski definition) is 1. The van der Waals surface area contributed by atoms with Gasteiger partial charge in [-0.2, -0.15) is 13.2 Å². The maximum Gasteiger partial charge on any atom is 0.416 e. The molecule has 1 rings (SSSR count). The lowest BCUT2D eigenvalue weighted by molar-refractivity contribution is -0.137. The van der Waals surface area contributed by atoms with E-state index in [-0.39, 0.29) is 25.2 Å². The van der Waals surface area contributed by atoms with Gasteiger partial charge in [-0.3, -0.25) is 4.79 Å². The van der Waals surface area contributed by atoms with E-state index in [0.717, 1.165) is 12.1 Å². The number of Topliss-reactive ketones (excluding diaryl/α,β-unsaturated/α-hetero) is 1. The molecule has 0 atom stereocenters. The average Bonchev–Trinajstić information content (AvgIpc) is 2.17. The molecule has 0 aliphatic rings. The molecule has 1 aromatic rings. The van der Waals surface area contributed by atoms with Gasteiger partial charge in [-0.1, -0.05) is 18.2 Å². The molecule has 0 saturated heterocycles. The summed E-state index contributed by atoms with van der Waals surface area (Å²) in [7, 11) is 0. The fourth-order valence-electron chi connectivity index (χ4n) is 1.33. The Bertz CT molecular complexity index is 374. The quantitative estimate of drug-likeness (QED) is 0.862. The third kappa shape index (κ3) is 3.66. The summed E-state index contributed by atoms with van der Waals surface area (Å²) in [5, 5.41) is 0. The second-order valence-corrected chi connectivity index (χ2v) is 3.45. The van der Waals surface area contributed by atoms with Crippen molar-refractivity contribution in [2.45, 2.75) is 19.0 Å². The number of carbonyl (C=O) groups is 1. The van der Waals surface area contributed by atoms with Gasteiger partial charge in [0.05, 0.1) is 5.56 Å². The fraction of sp³-hybridized carbons (Fsp3) is 0.364. The zero-order valence-electron chi connectivity index (χ0n) is 8.55. The van der Waals surface area contributed by atoms with Crippen LogP contribution in [0.4, 0.5) is 13.2 Å². The lowest BCUT2D eigenvalue weighted by atomic mass is 10.0. The molecule has 0 unspecified atom stereocenters. The molecule has 0 aliphatic heterocycles. The summed E-state index contributed by atoms with van der Waals surface area (Å²) in [6.07, 6.45) is -4.18. The molecule has 2 nitrogen and oxygen atoms in total. The third-order valence-corrected chi connectivity index (χ3v) is 2.08. The van der Waals surface area contributed by atoms with Gasteiger partial charge < -0.3 is 5.73 Å². The highest BCUT2D eigenvalue weighted by atomic mass is 19.4. The van der Waals surface area contributed by atoms with Crippen molar-refractivity contribution in [1.29, 1.82) is 0 Å². The highest BCUT2D eigenvalue weighted by Crippen LogP contribution is 2.29. The first-order valence-corrected chi connectivity index (χ1v) is 4.81. The standard InChI is InChI=1S/C11H12F3NO/c12-11(13,14)9-3-1-2-8(6-9)7-10(16)4-5-15/h1-3,6H,4-5,7,15H2. The normalized spacial score (nSPS) is 11.5. The van der Waals surface area contributed by atoms with Gasteiger partial charge in [0.2, 0.25) is 0 Å². The number of hydrogen-bond acceptors (Lipinski definition) is 2. The van der Waals surface area contributed by atoms with Crippen molar-refractivity contribution >= 4 is 5.78 Å². The van der Waals surface area contributed by atoms with Gasteiger partial charge in [-0.05, 0) is 18.2 Å².